The Kier molecular flexibility index (Phi) is 3.17. The molecule has 21 heavy (non-hydrogen) atoms. The molecule has 0 atom stereocenters. The lowest BCUT2D eigenvalue weighted by Crippen LogP contribution is -2.05. The third kappa shape index (κ3) is 1.98. The summed E-state index contributed by atoms with van der Waals surface area (Å²) in [5, 5.41) is 0.837. The Morgan fingerprint density at radius 2 is 1.71 bits per heavy atom. The van der Waals surface area contributed by atoms with Gasteiger partial charge in [-0.2, -0.15) is 0 Å². The first-order chi connectivity index (χ1) is 10.2. The highest BCUT2D eigenvalue weighted by Crippen LogP contribution is 2.33. The monoisotopic (exact) mass is 286 g/mol. The fourth-order valence-electron chi connectivity index (χ4n) is 2.35. The third-order valence-electron chi connectivity index (χ3n) is 3.38. The minimum Gasteiger partial charge on any atom is -0.496 e. The predicted octanol–water partition coefficient (Wildman–Crippen LogP) is 2.97. The highest BCUT2D eigenvalue weighted by atomic mass is 16.5. The van der Waals surface area contributed by atoms with Gasteiger partial charge in [-0.3, -0.25) is 4.79 Å². The van der Waals surface area contributed by atoms with Crippen LogP contribution in [0.2, 0.25) is 0 Å². The second-order valence-corrected chi connectivity index (χ2v) is 4.47. The Hall–Kier alpha value is -2.69. The van der Waals surface area contributed by atoms with Crippen LogP contribution in [-0.2, 0) is 0 Å². The molecule has 0 bridgehead atoms. The molecule has 3 rings (SSSR count). The lowest BCUT2D eigenvalue weighted by atomic mass is 10.1. The van der Waals surface area contributed by atoms with Crippen LogP contribution >= 0.6 is 0 Å². The zero-order valence-corrected chi connectivity index (χ0v) is 11.9. The number of methoxy groups -OCH3 is 3. The summed E-state index contributed by atoms with van der Waals surface area (Å²) in [6.07, 6.45) is 0. The summed E-state index contributed by atoms with van der Waals surface area (Å²) in [5.74, 6) is 1.48. The zero-order valence-electron chi connectivity index (χ0n) is 11.9. The number of ether oxygens (including phenoxy) is 3. The van der Waals surface area contributed by atoms with Crippen LogP contribution in [0.5, 0.6) is 17.2 Å². The molecule has 1 heterocycles. The molecule has 0 radical (unpaired) electrons. The summed E-state index contributed by atoms with van der Waals surface area (Å²) in [6.45, 7) is 0. The number of benzene rings is 2. The molecule has 5 heteroatoms. The minimum atomic E-state index is -0.162. The van der Waals surface area contributed by atoms with Crippen molar-refractivity contribution in [2.75, 3.05) is 21.3 Å². The molecule has 0 fully saturated rings. The van der Waals surface area contributed by atoms with E-state index in [1.807, 2.05) is 0 Å². The Morgan fingerprint density at radius 1 is 0.952 bits per heavy atom. The maximum absolute atomic E-state index is 12.7. The van der Waals surface area contributed by atoms with E-state index >= 15 is 0 Å². The Morgan fingerprint density at radius 3 is 2.38 bits per heavy atom. The van der Waals surface area contributed by atoms with Gasteiger partial charge in [-0.15, -0.1) is 0 Å². The topological polar surface area (TPSA) is 57.9 Å². The van der Waals surface area contributed by atoms with E-state index < -0.39 is 0 Å². The van der Waals surface area contributed by atoms with Crippen molar-refractivity contribution in [1.82, 2.24) is 0 Å². The predicted molar refractivity (Wildman–Crippen MR) is 79.6 cm³/mol. The fourth-order valence-corrected chi connectivity index (χ4v) is 2.35. The summed E-state index contributed by atoms with van der Waals surface area (Å²) in [6, 6.07) is 8.51. The normalized spacial score (nSPS) is 10.8. The third-order valence-corrected chi connectivity index (χ3v) is 3.38. The molecule has 2 aromatic carbocycles. The average molecular weight is 286 g/mol. The average Bonchev–Trinajstić information content (AvgIpc) is 2.53. The van der Waals surface area contributed by atoms with Gasteiger partial charge in [0.25, 0.3) is 0 Å². The Labute approximate surface area is 120 Å². The molecular weight excluding hydrogens is 272 g/mol. The van der Waals surface area contributed by atoms with Gasteiger partial charge in [0.2, 0.25) is 5.43 Å². The Balaban J connectivity index is 2.53. The lowest BCUT2D eigenvalue weighted by molar-refractivity contribution is 0.395. The van der Waals surface area contributed by atoms with Crippen LogP contribution < -0.4 is 19.6 Å². The van der Waals surface area contributed by atoms with E-state index in [0.717, 1.165) is 0 Å². The van der Waals surface area contributed by atoms with Gasteiger partial charge >= 0.3 is 0 Å². The second kappa shape index (κ2) is 5.01. The van der Waals surface area contributed by atoms with E-state index in [4.69, 9.17) is 18.6 Å². The van der Waals surface area contributed by atoms with Crippen molar-refractivity contribution in [3.8, 4) is 17.2 Å². The molecule has 0 aliphatic carbocycles. The summed E-state index contributed by atoms with van der Waals surface area (Å²) in [5.41, 5.74) is 0.644. The molecule has 108 valence electrons. The van der Waals surface area contributed by atoms with Crippen molar-refractivity contribution in [1.29, 1.82) is 0 Å². The van der Waals surface area contributed by atoms with Gasteiger partial charge in [-0.25, -0.2) is 0 Å². The molecule has 0 aliphatic heterocycles. The van der Waals surface area contributed by atoms with Crippen LogP contribution in [0.3, 0.4) is 0 Å². The van der Waals surface area contributed by atoms with Crippen LogP contribution in [0.25, 0.3) is 21.9 Å². The number of hydrogen-bond acceptors (Lipinski definition) is 5. The van der Waals surface area contributed by atoms with Crippen molar-refractivity contribution in [3.63, 3.8) is 0 Å². The van der Waals surface area contributed by atoms with Gasteiger partial charge in [0, 0.05) is 12.1 Å². The van der Waals surface area contributed by atoms with Crippen molar-refractivity contribution < 1.29 is 18.6 Å². The molecule has 3 aromatic rings. The highest BCUT2D eigenvalue weighted by Gasteiger charge is 2.16. The first kappa shape index (κ1) is 13.3. The lowest BCUT2D eigenvalue weighted by Gasteiger charge is -2.10. The first-order valence-corrected chi connectivity index (χ1v) is 6.35. The summed E-state index contributed by atoms with van der Waals surface area (Å²) < 4.78 is 21.6. The van der Waals surface area contributed by atoms with Gasteiger partial charge in [0.05, 0.1) is 26.7 Å². The van der Waals surface area contributed by atoms with E-state index in [-0.39, 0.29) is 5.43 Å². The molecule has 0 unspecified atom stereocenters. The summed E-state index contributed by atoms with van der Waals surface area (Å²) in [7, 11) is 4.58. The van der Waals surface area contributed by atoms with E-state index in [2.05, 4.69) is 0 Å². The smallest absolute Gasteiger partial charge is 0.204 e. The molecule has 1 aromatic heterocycles. The molecular formula is C16H14O5. The van der Waals surface area contributed by atoms with E-state index in [0.29, 0.717) is 39.2 Å². The van der Waals surface area contributed by atoms with E-state index in [1.165, 1.54) is 14.2 Å². The molecule has 0 amide bonds. The van der Waals surface area contributed by atoms with Gasteiger partial charge in [-0.05, 0) is 12.1 Å². The fraction of sp³-hybridized carbons (Fsp3) is 0.188. The van der Waals surface area contributed by atoms with E-state index in [1.54, 1.807) is 37.4 Å². The molecule has 0 saturated heterocycles. The van der Waals surface area contributed by atoms with Gasteiger partial charge in [0.1, 0.15) is 22.5 Å². The zero-order chi connectivity index (χ0) is 15.0. The largest absolute Gasteiger partial charge is 0.496 e. The van der Waals surface area contributed by atoms with Crippen LogP contribution in [0.4, 0.5) is 0 Å². The molecule has 0 N–H and O–H groups in total. The summed E-state index contributed by atoms with van der Waals surface area (Å²) >= 11 is 0. The van der Waals surface area contributed by atoms with Crippen LogP contribution in [-0.4, -0.2) is 21.3 Å². The number of rotatable bonds is 3. The van der Waals surface area contributed by atoms with Crippen molar-refractivity contribution in [3.05, 3.63) is 40.6 Å². The second-order valence-electron chi connectivity index (χ2n) is 4.47. The number of fused-ring (bicyclic) bond motifs is 2. The van der Waals surface area contributed by atoms with Gasteiger partial charge in [0.15, 0.2) is 11.3 Å². The van der Waals surface area contributed by atoms with Crippen LogP contribution in [0.1, 0.15) is 0 Å². The van der Waals surface area contributed by atoms with Gasteiger partial charge in [-0.1, -0.05) is 6.07 Å². The molecule has 0 saturated carbocycles. The Bertz CT molecular complexity index is 879. The number of hydrogen-bond donors (Lipinski definition) is 0. The van der Waals surface area contributed by atoms with Crippen LogP contribution in [0.15, 0.2) is 39.5 Å². The van der Waals surface area contributed by atoms with Crippen molar-refractivity contribution >= 4 is 21.9 Å². The maximum atomic E-state index is 12.7. The number of para-hydroxylation sites is 1. The molecule has 0 spiro atoms. The first-order valence-electron chi connectivity index (χ1n) is 6.35. The van der Waals surface area contributed by atoms with E-state index in [9.17, 15) is 4.79 Å². The van der Waals surface area contributed by atoms with Crippen molar-refractivity contribution in [2.24, 2.45) is 0 Å². The maximum Gasteiger partial charge on any atom is 0.204 e. The van der Waals surface area contributed by atoms with Gasteiger partial charge < -0.3 is 18.6 Å². The SMILES string of the molecule is COc1cc(OC)c2c(=O)c3cccc(OC)c3oc2c1. The quantitative estimate of drug-likeness (QED) is 0.693. The minimum absolute atomic E-state index is 0.162. The highest BCUT2D eigenvalue weighted by molar-refractivity contribution is 5.95. The van der Waals surface area contributed by atoms with Crippen LogP contribution in [0, 0.1) is 0 Å². The molecule has 0 aliphatic rings. The summed E-state index contributed by atoms with van der Waals surface area (Å²) in [4.78, 5) is 12.7. The molecule has 5 nitrogen and oxygen atoms in total. The standard InChI is InChI=1S/C16H14O5/c1-18-9-7-12(20-3)14-13(8-9)21-16-10(15(14)17)5-4-6-11(16)19-2/h4-8H,1-3H3. The van der Waals surface area contributed by atoms with Crippen molar-refractivity contribution in [2.45, 2.75) is 0 Å².